The molecule has 0 amide bonds. The molecule has 0 aromatic heterocycles. The van der Waals surface area contributed by atoms with Crippen LogP contribution in [0.3, 0.4) is 0 Å². The first-order valence-electron chi connectivity index (χ1n) is 11.4. The van der Waals surface area contributed by atoms with Crippen LogP contribution < -0.4 is 5.32 Å². The van der Waals surface area contributed by atoms with E-state index in [0.717, 1.165) is 48.9 Å². The van der Waals surface area contributed by atoms with Gasteiger partial charge in [-0.05, 0) is 60.6 Å². The highest BCUT2D eigenvalue weighted by molar-refractivity contribution is 7.89. The van der Waals surface area contributed by atoms with Crippen molar-refractivity contribution < 1.29 is 8.42 Å². The zero-order valence-electron chi connectivity index (χ0n) is 18.1. The molecule has 1 fully saturated rings. The molecule has 32 heavy (non-hydrogen) atoms. The van der Waals surface area contributed by atoms with E-state index < -0.39 is 10.0 Å². The topological polar surface area (TPSA) is 49.4 Å². The Labute approximate surface area is 200 Å². The van der Waals surface area contributed by atoms with Crippen molar-refractivity contribution in [3.8, 4) is 0 Å². The molecule has 170 valence electrons. The van der Waals surface area contributed by atoms with Gasteiger partial charge in [0.1, 0.15) is 0 Å². The third-order valence-electron chi connectivity index (χ3n) is 7.42. The van der Waals surface area contributed by atoms with Crippen molar-refractivity contribution in [2.24, 2.45) is 5.92 Å². The molecule has 0 spiro atoms. The van der Waals surface area contributed by atoms with Crippen LogP contribution in [0.4, 0.5) is 5.69 Å². The molecule has 1 heterocycles. The minimum Gasteiger partial charge on any atom is -0.378 e. The number of hydrogen-bond acceptors (Lipinski definition) is 3. The Morgan fingerprint density at radius 3 is 2.59 bits per heavy atom. The van der Waals surface area contributed by atoms with Gasteiger partial charge in [-0.1, -0.05) is 66.7 Å². The van der Waals surface area contributed by atoms with Gasteiger partial charge in [0, 0.05) is 24.7 Å². The predicted molar refractivity (Wildman–Crippen MR) is 131 cm³/mol. The Morgan fingerprint density at radius 1 is 1.03 bits per heavy atom. The van der Waals surface area contributed by atoms with Crippen LogP contribution in [-0.2, 0) is 10.0 Å². The number of benzene rings is 2. The van der Waals surface area contributed by atoms with Gasteiger partial charge >= 0.3 is 0 Å². The van der Waals surface area contributed by atoms with Crippen molar-refractivity contribution in [3.05, 3.63) is 69.7 Å². The molecule has 0 bridgehead atoms. The number of anilines is 1. The van der Waals surface area contributed by atoms with E-state index in [1.807, 2.05) is 24.3 Å². The van der Waals surface area contributed by atoms with Crippen molar-refractivity contribution >= 4 is 38.9 Å². The summed E-state index contributed by atoms with van der Waals surface area (Å²) >= 11 is 12.9. The van der Waals surface area contributed by atoms with Crippen LogP contribution in [0, 0.1) is 5.92 Å². The lowest BCUT2D eigenvalue weighted by Gasteiger charge is -2.38. The molecule has 3 atom stereocenters. The van der Waals surface area contributed by atoms with Crippen LogP contribution in [-0.4, -0.2) is 25.8 Å². The lowest BCUT2D eigenvalue weighted by Crippen LogP contribution is -2.38. The van der Waals surface area contributed by atoms with E-state index in [-0.39, 0.29) is 23.9 Å². The largest absolute Gasteiger partial charge is 0.378 e. The van der Waals surface area contributed by atoms with E-state index in [1.54, 1.807) is 23.5 Å². The third kappa shape index (κ3) is 3.77. The number of fused-ring (bicyclic) bond motifs is 3. The molecule has 2 aliphatic carbocycles. The van der Waals surface area contributed by atoms with Crippen molar-refractivity contribution in [1.82, 2.24) is 4.31 Å². The second-order valence-electron chi connectivity index (χ2n) is 9.18. The van der Waals surface area contributed by atoms with Crippen LogP contribution in [0.5, 0.6) is 0 Å². The zero-order chi connectivity index (χ0) is 22.5. The van der Waals surface area contributed by atoms with E-state index >= 15 is 0 Å². The molecule has 7 heteroatoms. The maximum absolute atomic E-state index is 13.4. The highest BCUT2D eigenvalue weighted by atomic mass is 35.5. The number of sulfonamides is 1. The molecule has 0 saturated heterocycles. The van der Waals surface area contributed by atoms with E-state index in [4.69, 9.17) is 23.2 Å². The summed E-state index contributed by atoms with van der Waals surface area (Å²) in [5.74, 6) is 0.397. The second kappa shape index (κ2) is 8.68. The quantitative estimate of drug-likeness (QED) is 0.480. The van der Waals surface area contributed by atoms with Gasteiger partial charge in [0.05, 0.1) is 21.0 Å². The Morgan fingerprint density at radius 2 is 1.81 bits per heavy atom. The smallest absolute Gasteiger partial charge is 0.243 e. The Hall–Kier alpha value is -1.53. The fraction of sp³-hybridized carbons (Fsp3) is 0.440. The van der Waals surface area contributed by atoms with Crippen LogP contribution in [0.25, 0.3) is 0 Å². The van der Waals surface area contributed by atoms with Gasteiger partial charge < -0.3 is 5.32 Å². The summed E-state index contributed by atoms with van der Waals surface area (Å²) in [5.41, 5.74) is 2.98. The average Bonchev–Trinajstić information content (AvgIpc) is 3.30. The maximum Gasteiger partial charge on any atom is 0.243 e. The highest BCUT2D eigenvalue weighted by Gasteiger charge is 2.40. The van der Waals surface area contributed by atoms with Crippen LogP contribution in [0.15, 0.2) is 53.4 Å². The standard InChI is InChI=1S/C25H28Cl2N2O2S/c1-29(16-7-3-2-4-8-16)32(30,31)17-13-14-23-21(15-17)18-9-5-10-19(18)25(28-23)20-11-6-12-22(26)24(20)27/h5-6,9,11-16,18-19,25,28H,2-4,7-8,10H2,1H3. The molecule has 2 aromatic carbocycles. The Bertz CT molecular complexity index is 1160. The molecule has 4 nitrogen and oxygen atoms in total. The fourth-order valence-corrected chi connectivity index (χ4v) is 7.49. The van der Waals surface area contributed by atoms with Crippen molar-refractivity contribution in [2.75, 3.05) is 12.4 Å². The van der Waals surface area contributed by atoms with Crippen molar-refractivity contribution in [1.29, 1.82) is 0 Å². The van der Waals surface area contributed by atoms with Crippen LogP contribution in [0.1, 0.15) is 61.6 Å². The molecule has 1 aliphatic heterocycles. The molecular weight excluding hydrogens is 463 g/mol. The number of nitrogens with one attached hydrogen (secondary N) is 1. The van der Waals surface area contributed by atoms with E-state index in [1.165, 1.54) is 6.42 Å². The maximum atomic E-state index is 13.4. The lowest BCUT2D eigenvalue weighted by atomic mass is 9.77. The summed E-state index contributed by atoms with van der Waals surface area (Å²) in [5, 5.41) is 4.76. The first-order valence-corrected chi connectivity index (χ1v) is 13.6. The van der Waals surface area contributed by atoms with E-state index in [0.29, 0.717) is 14.9 Å². The first kappa shape index (κ1) is 22.3. The van der Waals surface area contributed by atoms with E-state index in [2.05, 4.69) is 17.5 Å². The first-order chi connectivity index (χ1) is 15.4. The highest BCUT2D eigenvalue weighted by Crippen LogP contribution is 2.51. The minimum absolute atomic E-state index is 0.0149. The van der Waals surface area contributed by atoms with Crippen LogP contribution >= 0.6 is 23.2 Å². The third-order valence-corrected chi connectivity index (χ3v) is 10.2. The van der Waals surface area contributed by atoms with Crippen LogP contribution in [0.2, 0.25) is 10.0 Å². The van der Waals surface area contributed by atoms with Gasteiger partial charge in [-0.25, -0.2) is 8.42 Å². The van der Waals surface area contributed by atoms with E-state index in [9.17, 15) is 8.42 Å². The van der Waals surface area contributed by atoms with Crippen molar-refractivity contribution in [3.63, 3.8) is 0 Å². The van der Waals surface area contributed by atoms with Gasteiger partial charge in [0.25, 0.3) is 0 Å². The molecule has 1 saturated carbocycles. The van der Waals surface area contributed by atoms with Gasteiger partial charge in [-0.15, -0.1) is 0 Å². The monoisotopic (exact) mass is 490 g/mol. The number of allylic oxidation sites excluding steroid dienone is 2. The second-order valence-corrected chi connectivity index (χ2v) is 12.0. The number of hydrogen-bond donors (Lipinski definition) is 1. The van der Waals surface area contributed by atoms with Crippen molar-refractivity contribution in [2.45, 2.75) is 61.4 Å². The van der Waals surface area contributed by atoms with Gasteiger partial charge in [0.15, 0.2) is 0 Å². The number of nitrogens with zero attached hydrogens (tertiary/aromatic N) is 1. The summed E-state index contributed by atoms with van der Waals surface area (Å²) in [6.45, 7) is 0. The molecule has 3 aliphatic rings. The normalized spacial score (nSPS) is 25.4. The molecule has 5 rings (SSSR count). The molecule has 3 unspecified atom stereocenters. The Balaban J connectivity index is 1.50. The van der Waals surface area contributed by atoms with Gasteiger partial charge in [0.2, 0.25) is 10.0 Å². The number of halogens is 2. The summed E-state index contributed by atoms with van der Waals surface area (Å²) in [4.78, 5) is 0.379. The van der Waals surface area contributed by atoms with Gasteiger partial charge in [-0.3, -0.25) is 0 Å². The summed E-state index contributed by atoms with van der Waals surface area (Å²) in [6, 6.07) is 11.4. The average molecular weight is 491 g/mol. The predicted octanol–water partition coefficient (Wildman–Crippen LogP) is 6.77. The summed E-state index contributed by atoms with van der Waals surface area (Å²) < 4.78 is 28.5. The molecular formula is C25H28Cl2N2O2S. The molecule has 0 radical (unpaired) electrons. The molecule has 1 N–H and O–H groups in total. The summed E-state index contributed by atoms with van der Waals surface area (Å²) in [7, 11) is -1.80. The number of rotatable bonds is 4. The minimum atomic E-state index is -3.54. The fourth-order valence-electron chi connectivity index (χ4n) is 5.61. The summed E-state index contributed by atoms with van der Waals surface area (Å²) in [6.07, 6.45) is 10.6. The zero-order valence-corrected chi connectivity index (χ0v) is 20.4. The lowest BCUT2D eigenvalue weighted by molar-refractivity contribution is 0.286. The Kier molecular flexibility index (Phi) is 6.04. The van der Waals surface area contributed by atoms with Gasteiger partial charge in [-0.2, -0.15) is 4.31 Å². The molecule has 2 aromatic rings. The SMILES string of the molecule is CN(C1CCCCC1)S(=O)(=O)c1ccc2c(c1)C1C=CCC1C(c1cccc(Cl)c1Cl)N2.